The van der Waals surface area contributed by atoms with Crippen molar-refractivity contribution in [3.05, 3.63) is 28.8 Å². The van der Waals surface area contributed by atoms with E-state index in [0.717, 1.165) is 32.4 Å². The first-order valence-electron chi connectivity index (χ1n) is 6.67. The third-order valence-electron chi connectivity index (χ3n) is 3.82. The van der Waals surface area contributed by atoms with Gasteiger partial charge in [-0.2, -0.15) is 0 Å². The zero-order valence-electron chi connectivity index (χ0n) is 11.4. The minimum absolute atomic E-state index is 0.0407. The highest BCUT2D eigenvalue weighted by Crippen LogP contribution is 2.31. The molecule has 1 aliphatic rings. The molecule has 0 atom stereocenters. The van der Waals surface area contributed by atoms with Gasteiger partial charge in [0.1, 0.15) is 5.75 Å². The number of carbonyl (C=O) groups is 1. The number of hydrogen-bond acceptors (Lipinski definition) is 2. The van der Waals surface area contributed by atoms with E-state index in [9.17, 15) is 9.90 Å². The monoisotopic (exact) mass is 281 g/mol. The van der Waals surface area contributed by atoms with Gasteiger partial charge in [0, 0.05) is 18.1 Å². The maximum Gasteiger partial charge on any atom is 0.257 e. The predicted octanol–water partition coefficient (Wildman–Crippen LogP) is 3.70. The van der Waals surface area contributed by atoms with Gasteiger partial charge in [0.15, 0.2) is 0 Å². The van der Waals surface area contributed by atoms with Gasteiger partial charge in [0.2, 0.25) is 0 Å². The first-order valence-corrected chi connectivity index (χ1v) is 7.05. The lowest BCUT2D eigenvalue weighted by molar-refractivity contribution is 0.0754. The molecule has 0 radical (unpaired) electrons. The molecule has 19 heavy (non-hydrogen) atoms. The minimum Gasteiger partial charge on any atom is -0.507 e. The van der Waals surface area contributed by atoms with E-state index < -0.39 is 0 Å². The van der Waals surface area contributed by atoms with Gasteiger partial charge in [-0.3, -0.25) is 4.79 Å². The predicted molar refractivity (Wildman–Crippen MR) is 76.7 cm³/mol. The summed E-state index contributed by atoms with van der Waals surface area (Å²) in [4.78, 5) is 14.2. The van der Waals surface area contributed by atoms with Gasteiger partial charge in [-0.25, -0.2) is 0 Å². The number of benzene rings is 1. The third kappa shape index (κ3) is 3.41. The highest BCUT2D eigenvalue weighted by Gasteiger charge is 2.26. The van der Waals surface area contributed by atoms with Crippen LogP contribution >= 0.6 is 11.6 Å². The van der Waals surface area contributed by atoms with Crippen molar-refractivity contribution in [3.63, 3.8) is 0 Å². The van der Waals surface area contributed by atoms with E-state index in [1.807, 2.05) is 4.90 Å². The molecule has 1 aromatic carbocycles. The number of amides is 1. The molecule has 0 unspecified atom stereocenters. The van der Waals surface area contributed by atoms with Gasteiger partial charge >= 0.3 is 0 Å². The summed E-state index contributed by atoms with van der Waals surface area (Å²) in [5.74, 6) is -0.145. The number of aromatic hydroxyl groups is 1. The van der Waals surface area contributed by atoms with Crippen LogP contribution in [0.4, 0.5) is 0 Å². The Morgan fingerprint density at radius 2 is 2.05 bits per heavy atom. The Balaban J connectivity index is 2.15. The molecule has 0 bridgehead atoms. The van der Waals surface area contributed by atoms with Crippen LogP contribution in [0.1, 0.15) is 43.5 Å². The van der Waals surface area contributed by atoms with E-state index in [1.165, 1.54) is 6.07 Å². The molecular weight excluding hydrogens is 262 g/mol. The largest absolute Gasteiger partial charge is 0.507 e. The summed E-state index contributed by atoms with van der Waals surface area (Å²) in [5.41, 5.74) is 0.626. The summed E-state index contributed by atoms with van der Waals surface area (Å²) in [5, 5.41) is 10.3. The number of likely N-dealkylation sites (tertiary alicyclic amines) is 1. The number of carbonyl (C=O) groups excluding carboxylic acids is 1. The summed E-state index contributed by atoms with van der Waals surface area (Å²) in [6.45, 7) is 5.97. The Bertz CT molecular complexity index is 485. The lowest BCUT2D eigenvalue weighted by Gasteiger charge is -2.23. The highest BCUT2D eigenvalue weighted by atomic mass is 35.5. The fourth-order valence-corrected chi connectivity index (χ4v) is 2.65. The molecule has 0 spiro atoms. The average molecular weight is 282 g/mol. The lowest BCUT2D eigenvalue weighted by atomic mass is 9.85. The smallest absolute Gasteiger partial charge is 0.257 e. The maximum absolute atomic E-state index is 12.4. The fraction of sp³-hybridized carbons (Fsp3) is 0.533. The van der Waals surface area contributed by atoms with Crippen molar-refractivity contribution in [1.82, 2.24) is 4.90 Å². The van der Waals surface area contributed by atoms with Crippen LogP contribution in [0.3, 0.4) is 0 Å². The molecule has 1 N–H and O–H groups in total. The third-order valence-corrected chi connectivity index (χ3v) is 4.05. The molecule has 3 nitrogen and oxygen atoms in total. The SMILES string of the molecule is CC1(C)CCCN(C(=O)c2ccc(Cl)cc2O)CC1. The van der Waals surface area contributed by atoms with Crippen LogP contribution < -0.4 is 0 Å². The molecule has 4 heteroatoms. The molecule has 1 saturated heterocycles. The van der Waals surface area contributed by atoms with Crippen molar-refractivity contribution in [2.75, 3.05) is 13.1 Å². The molecule has 1 fully saturated rings. The molecule has 2 rings (SSSR count). The van der Waals surface area contributed by atoms with Crippen molar-refractivity contribution >= 4 is 17.5 Å². The van der Waals surface area contributed by atoms with Gasteiger partial charge in [0.25, 0.3) is 5.91 Å². The molecule has 0 aliphatic carbocycles. The summed E-state index contributed by atoms with van der Waals surface area (Å²) in [6, 6.07) is 4.64. The first-order chi connectivity index (χ1) is 8.89. The average Bonchev–Trinajstić information content (AvgIpc) is 2.49. The van der Waals surface area contributed by atoms with Crippen LogP contribution in [-0.4, -0.2) is 29.0 Å². The van der Waals surface area contributed by atoms with E-state index in [1.54, 1.807) is 12.1 Å². The summed E-state index contributed by atoms with van der Waals surface area (Å²) in [7, 11) is 0. The molecule has 1 aromatic rings. The number of nitrogens with zero attached hydrogens (tertiary/aromatic N) is 1. The van der Waals surface area contributed by atoms with Gasteiger partial charge < -0.3 is 10.0 Å². The summed E-state index contributed by atoms with van der Waals surface area (Å²) in [6.07, 6.45) is 3.13. The van der Waals surface area contributed by atoms with Crippen molar-refractivity contribution in [2.24, 2.45) is 5.41 Å². The molecule has 1 amide bonds. The van der Waals surface area contributed by atoms with Gasteiger partial charge in [0.05, 0.1) is 5.56 Å². The van der Waals surface area contributed by atoms with E-state index in [0.29, 0.717) is 10.6 Å². The van der Waals surface area contributed by atoms with Gasteiger partial charge in [-0.15, -0.1) is 0 Å². The van der Waals surface area contributed by atoms with Crippen LogP contribution in [0.15, 0.2) is 18.2 Å². The van der Waals surface area contributed by atoms with Crippen LogP contribution in [0.25, 0.3) is 0 Å². The standard InChI is InChI=1S/C15H20ClNO2/c1-15(2)6-3-8-17(9-7-15)14(19)12-5-4-11(16)10-13(12)18/h4-5,10,18H,3,6-9H2,1-2H3. The highest BCUT2D eigenvalue weighted by molar-refractivity contribution is 6.30. The normalized spacial score (nSPS) is 19.0. The number of rotatable bonds is 1. The van der Waals surface area contributed by atoms with Crippen LogP contribution in [0, 0.1) is 5.41 Å². The van der Waals surface area contributed by atoms with E-state index in [-0.39, 0.29) is 17.1 Å². The zero-order valence-corrected chi connectivity index (χ0v) is 12.2. The number of hydrogen-bond donors (Lipinski definition) is 1. The topological polar surface area (TPSA) is 40.5 Å². The molecule has 0 aromatic heterocycles. The van der Waals surface area contributed by atoms with Gasteiger partial charge in [-0.05, 0) is 42.9 Å². The quantitative estimate of drug-likeness (QED) is 0.853. The molecule has 1 aliphatic heterocycles. The van der Waals surface area contributed by atoms with Crippen molar-refractivity contribution < 1.29 is 9.90 Å². The first kappa shape index (κ1) is 14.2. The fourth-order valence-electron chi connectivity index (χ4n) is 2.48. The second-order valence-electron chi connectivity index (χ2n) is 5.97. The molecule has 0 saturated carbocycles. The van der Waals surface area contributed by atoms with E-state index >= 15 is 0 Å². The summed E-state index contributed by atoms with van der Waals surface area (Å²) < 4.78 is 0. The minimum atomic E-state index is -0.105. The Morgan fingerprint density at radius 3 is 2.74 bits per heavy atom. The Labute approximate surface area is 119 Å². The second kappa shape index (κ2) is 5.41. The number of phenolic OH excluding ortho intramolecular Hbond substituents is 1. The number of halogens is 1. The van der Waals surface area contributed by atoms with Crippen LogP contribution in [0.5, 0.6) is 5.75 Å². The maximum atomic E-state index is 12.4. The van der Waals surface area contributed by atoms with E-state index in [4.69, 9.17) is 11.6 Å². The second-order valence-corrected chi connectivity index (χ2v) is 6.41. The molecule has 1 heterocycles. The van der Waals surface area contributed by atoms with Crippen molar-refractivity contribution in [3.8, 4) is 5.75 Å². The zero-order chi connectivity index (χ0) is 14.0. The molecular formula is C15H20ClNO2. The Hall–Kier alpha value is -1.22. The Morgan fingerprint density at radius 1 is 1.32 bits per heavy atom. The number of phenols is 1. The van der Waals surface area contributed by atoms with Gasteiger partial charge in [-0.1, -0.05) is 25.4 Å². The van der Waals surface area contributed by atoms with Crippen molar-refractivity contribution in [2.45, 2.75) is 33.1 Å². The van der Waals surface area contributed by atoms with E-state index in [2.05, 4.69) is 13.8 Å². The van der Waals surface area contributed by atoms with Crippen LogP contribution in [-0.2, 0) is 0 Å². The van der Waals surface area contributed by atoms with Crippen molar-refractivity contribution in [1.29, 1.82) is 0 Å². The molecule has 104 valence electrons. The lowest BCUT2D eigenvalue weighted by Crippen LogP contribution is -2.32. The van der Waals surface area contributed by atoms with Crippen LogP contribution in [0.2, 0.25) is 5.02 Å². The summed E-state index contributed by atoms with van der Waals surface area (Å²) >= 11 is 5.79. The Kier molecular flexibility index (Phi) is 4.04.